The molecule has 2 aromatic carbocycles. The fourth-order valence-corrected chi connectivity index (χ4v) is 1.71. The fourth-order valence-electron chi connectivity index (χ4n) is 1.71. The van der Waals surface area contributed by atoms with Crippen molar-refractivity contribution in [3.05, 3.63) is 48.0 Å². The van der Waals surface area contributed by atoms with Gasteiger partial charge >= 0.3 is 11.8 Å². The summed E-state index contributed by atoms with van der Waals surface area (Å²) in [7, 11) is 1.52. The summed E-state index contributed by atoms with van der Waals surface area (Å²) >= 11 is 0. The number of hydrazone groups is 1. The van der Waals surface area contributed by atoms with Crippen molar-refractivity contribution < 1.29 is 24.5 Å². The van der Waals surface area contributed by atoms with Crippen molar-refractivity contribution in [1.82, 2.24) is 5.43 Å². The van der Waals surface area contributed by atoms with E-state index in [1.807, 2.05) is 5.43 Å². The van der Waals surface area contributed by atoms with E-state index in [4.69, 9.17) is 9.84 Å². The molecule has 0 radical (unpaired) electrons. The zero-order chi connectivity index (χ0) is 17.5. The second-order valence-corrected chi connectivity index (χ2v) is 4.62. The summed E-state index contributed by atoms with van der Waals surface area (Å²) in [4.78, 5) is 23.3. The maximum absolute atomic E-state index is 11.7. The summed E-state index contributed by atoms with van der Waals surface area (Å²) in [5.74, 6) is -1.56. The molecule has 0 saturated carbocycles. The van der Waals surface area contributed by atoms with Gasteiger partial charge in [0.15, 0.2) is 0 Å². The summed E-state index contributed by atoms with van der Waals surface area (Å²) < 4.78 is 4.99. The van der Waals surface area contributed by atoms with Gasteiger partial charge in [0, 0.05) is 17.3 Å². The molecule has 0 aliphatic carbocycles. The highest BCUT2D eigenvalue weighted by Gasteiger charge is 2.12. The highest BCUT2D eigenvalue weighted by molar-refractivity contribution is 6.39. The van der Waals surface area contributed by atoms with Crippen LogP contribution in [0.15, 0.2) is 47.6 Å². The van der Waals surface area contributed by atoms with Gasteiger partial charge in [-0.25, -0.2) is 5.43 Å². The molecule has 0 bridgehead atoms. The molecule has 4 N–H and O–H groups in total. The molecule has 24 heavy (non-hydrogen) atoms. The first kappa shape index (κ1) is 16.8. The summed E-state index contributed by atoms with van der Waals surface area (Å²) in [6, 6.07) is 10.3. The van der Waals surface area contributed by atoms with Gasteiger partial charge < -0.3 is 20.3 Å². The first-order chi connectivity index (χ1) is 11.5. The Morgan fingerprint density at radius 3 is 2.42 bits per heavy atom. The van der Waals surface area contributed by atoms with Crippen LogP contribution in [-0.2, 0) is 9.59 Å². The van der Waals surface area contributed by atoms with Crippen molar-refractivity contribution in [1.29, 1.82) is 0 Å². The third-order valence-corrected chi connectivity index (χ3v) is 2.94. The molecule has 124 valence electrons. The van der Waals surface area contributed by atoms with Crippen LogP contribution in [0.25, 0.3) is 0 Å². The minimum absolute atomic E-state index is 0.104. The number of phenols is 2. The van der Waals surface area contributed by atoms with Gasteiger partial charge in [-0.1, -0.05) is 0 Å². The summed E-state index contributed by atoms with van der Waals surface area (Å²) in [6.45, 7) is 0. The van der Waals surface area contributed by atoms with Crippen LogP contribution in [0, 0.1) is 0 Å². The van der Waals surface area contributed by atoms with Crippen molar-refractivity contribution in [3.8, 4) is 17.2 Å². The Morgan fingerprint density at radius 2 is 1.79 bits per heavy atom. The molecule has 0 atom stereocenters. The normalized spacial score (nSPS) is 10.4. The molecule has 0 aromatic heterocycles. The number of anilines is 1. The first-order valence-corrected chi connectivity index (χ1v) is 6.80. The molecule has 0 aliphatic heterocycles. The number of hydrogen-bond donors (Lipinski definition) is 4. The van der Waals surface area contributed by atoms with E-state index in [0.717, 1.165) is 12.3 Å². The predicted molar refractivity (Wildman–Crippen MR) is 87.1 cm³/mol. The molecule has 0 fully saturated rings. The molecule has 0 aliphatic rings. The largest absolute Gasteiger partial charge is 0.508 e. The highest BCUT2D eigenvalue weighted by atomic mass is 16.5. The van der Waals surface area contributed by atoms with Gasteiger partial charge in [-0.3, -0.25) is 9.59 Å². The topological polar surface area (TPSA) is 120 Å². The number of benzene rings is 2. The average Bonchev–Trinajstić information content (AvgIpc) is 2.57. The van der Waals surface area contributed by atoms with Gasteiger partial charge in [0.05, 0.1) is 13.3 Å². The van der Waals surface area contributed by atoms with Crippen molar-refractivity contribution in [2.24, 2.45) is 5.10 Å². The van der Waals surface area contributed by atoms with E-state index < -0.39 is 11.8 Å². The lowest BCUT2D eigenvalue weighted by atomic mass is 10.2. The highest BCUT2D eigenvalue weighted by Crippen LogP contribution is 2.20. The number of ether oxygens (including phenoxy) is 1. The Kier molecular flexibility index (Phi) is 5.35. The van der Waals surface area contributed by atoms with E-state index in [1.165, 1.54) is 19.2 Å². The van der Waals surface area contributed by atoms with Gasteiger partial charge in [-0.05, 0) is 36.4 Å². The Morgan fingerprint density at radius 1 is 1.08 bits per heavy atom. The van der Waals surface area contributed by atoms with Crippen molar-refractivity contribution in [2.45, 2.75) is 0 Å². The van der Waals surface area contributed by atoms with Gasteiger partial charge in [-0.15, -0.1) is 0 Å². The van der Waals surface area contributed by atoms with Gasteiger partial charge in [0.1, 0.15) is 17.2 Å². The maximum Gasteiger partial charge on any atom is 0.329 e. The Hall–Kier alpha value is -3.55. The number of nitrogens with one attached hydrogen (secondary N) is 2. The van der Waals surface area contributed by atoms with Crippen LogP contribution in [0.3, 0.4) is 0 Å². The van der Waals surface area contributed by atoms with E-state index in [0.29, 0.717) is 11.4 Å². The maximum atomic E-state index is 11.7. The van der Waals surface area contributed by atoms with E-state index in [2.05, 4.69) is 10.4 Å². The third-order valence-electron chi connectivity index (χ3n) is 2.94. The van der Waals surface area contributed by atoms with Crippen molar-refractivity contribution in [2.75, 3.05) is 12.4 Å². The summed E-state index contributed by atoms with van der Waals surface area (Å²) in [6.07, 6.45) is 1.15. The van der Waals surface area contributed by atoms with Crippen LogP contribution in [0.5, 0.6) is 17.2 Å². The number of methoxy groups -OCH3 is 1. The predicted octanol–water partition coefficient (Wildman–Crippen LogP) is 1.20. The molecular weight excluding hydrogens is 314 g/mol. The number of nitrogens with zero attached hydrogens (tertiary/aromatic N) is 1. The molecule has 0 saturated heterocycles. The Bertz CT molecular complexity index is 772. The molecule has 0 unspecified atom stereocenters. The molecule has 0 heterocycles. The minimum Gasteiger partial charge on any atom is -0.508 e. The van der Waals surface area contributed by atoms with Gasteiger partial charge in [-0.2, -0.15) is 5.10 Å². The third kappa shape index (κ3) is 4.47. The minimum atomic E-state index is -0.972. The number of carbonyl (C=O) groups excluding carboxylic acids is 2. The zero-order valence-corrected chi connectivity index (χ0v) is 12.7. The lowest BCUT2D eigenvalue weighted by Crippen LogP contribution is -2.32. The quantitative estimate of drug-likeness (QED) is 0.381. The van der Waals surface area contributed by atoms with Crippen LogP contribution in [0.1, 0.15) is 5.56 Å². The Labute approximate surface area is 137 Å². The lowest BCUT2D eigenvalue weighted by Gasteiger charge is -2.05. The standard InChI is InChI=1S/C16H15N3O5/c1-24-13-6-3-11(4-7-13)18-15(22)16(23)19-17-9-10-2-5-12(20)8-14(10)21/h2-9,20-21H,1H3,(H,18,22)(H,19,23). The van der Waals surface area contributed by atoms with E-state index in [9.17, 15) is 14.7 Å². The molecule has 2 rings (SSSR count). The van der Waals surface area contributed by atoms with E-state index >= 15 is 0 Å². The van der Waals surface area contributed by atoms with Crippen LogP contribution in [0.2, 0.25) is 0 Å². The van der Waals surface area contributed by atoms with Crippen LogP contribution in [0.4, 0.5) is 5.69 Å². The average molecular weight is 329 g/mol. The van der Waals surface area contributed by atoms with Gasteiger partial charge in [0.2, 0.25) is 0 Å². The molecule has 2 amide bonds. The monoisotopic (exact) mass is 329 g/mol. The fraction of sp³-hybridized carbons (Fsp3) is 0.0625. The van der Waals surface area contributed by atoms with Crippen LogP contribution < -0.4 is 15.5 Å². The summed E-state index contributed by atoms with van der Waals surface area (Å²) in [5, 5.41) is 24.7. The Balaban J connectivity index is 1.91. The SMILES string of the molecule is COc1ccc(NC(=O)C(=O)NN=Cc2ccc(O)cc2O)cc1. The number of carbonyl (C=O) groups is 2. The molecule has 8 heteroatoms. The molecule has 2 aromatic rings. The number of amides is 2. The van der Waals surface area contributed by atoms with Gasteiger partial charge in [0.25, 0.3) is 0 Å². The number of rotatable bonds is 4. The second kappa shape index (κ2) is 7.63. The van der Waals surface area contributed by atoms with E-state index in [1.54, 1.807) is 24.3 Å². The first-order valence-electron chi connectivity index (χ1n) is 6.80. The van der Waals surface area contributed by atoms with Crippen LogP contribution >= 0.6 is 0 Å². The number of aromatic hydroxyl groups is 2. The second-order valence-electron chi connectivity index (χ2n) is 4.62. The smallest absolute Gasteiger partial charge is 0.329 e. The molecule has 8 nitrogen and oxygen atoms in total. The molecular formula is C16H15N3O5. The van der Waals surface area contributed by atoms with Crippen LogP contribution in [-0.4, -0.2) is 35.4 Å². The zero-order valence-electron chi connectivity index (χ0n) is 12.7. The number of phenolic OH excluding ortho intramolecular Hbond substituents is 2. The van der Waals surface area contributed by atoms with E-state index in [-0.39, 0.29) is 17.1 Å². The van der Waals surface area contributed by atoms with Crippen molar-refractivity contribution in [3.63, 3.8) is 0 Å². The number of hydrogen-bond acceptors (Lipinski definition) is 6. The van der Waals surface area contributed by atoms with Crippen molar-refractivity contribution >= 4 is 23.7 Å². The molecule has 0 spiro atoms. The summed E-state index contributed by atoms with van der Waals surface area (Å²) in [5.41, 5.74) is 2.73. The lowest BCUT2D eigenvalue weighted by molar-refractivity contribution is -0.136.